The van der Waals surface area contributed by atoms with Gasteiger partial charge in [-0.05, 0) is 68.6 Å². The molecule has 0 radical (unpaired) electrons. The van der Waals surface area contributed by atoms with E-state index >= 15 is 0 Å². The SMILES string of the molecule is CCOC(=O)NCCNC(=O)NCC12CC3CC(CC(C3)C1)C2. The van der Waals surface area contributed by atoms with Crippen LogP contribution < -0.4 is 16.0 Å². The molecule has 0 atom stereocenters. The highest BCUT2D eigenvalue weighted by Crippen LogP contribution is 2.59. The minimum atomic E-state index is -0.441. The highest BCUT2D eigenvalue weighted by molar-refractivity contribution is 5.74. The van der Waals surface area contributed by atoms with Crippen LogP contribution in [0.15, 0.2) is 0 Å². The smallest absolute Gasteiger partial charge is 0.407 e. The van der Waals surface area contributed by atoms with E-state index in [9.17, 15) is 9.59 Å². The summed E-state index contributed by atoms with van der Waals surface area (Å²) in [6.45, 7) is 3.70. The van der Waals surface area contributed by atoms with Gasteiger partial charge in [0.15, 0.2) is 0 Å². The standard InChI is InChI=1S/C17H29N3O3/c1-2-23-16(22)19-4-3-18-15(21)20-11-17-8-12-5-13(9-17)7-14(6-12)10-17/h12-14H,2-11H2,1H3,(H,19,22)(H2,18,20,21). The zero-order valence-corrected chi connectivity index (χ0v) is 14.0. The summed E-state index contributed by atoms with van der Waals surface area (Å²) >= 11 is 0. The van der Waals surface area contributed by atoms with Gasteiger partial charge in [0, 0.05) is 19.6 Å². The summed E-state index contributed by atoms with van der Waals surface area (Å²) in [5.74, 6) is 2.71. The molecule has 0 aromatic carbocycles. The van der Waals surface area contributed by atoms with E-state index in [1.165, 1.54) is 38.5 Å². The second kappa shape index (κ2) is 6.97. The van der Waals surface area contributed by atoms with Crippen molar-refractivity contribution in [3.8, 4) is 0 Å². The maximum Gasteiger partial charge on any atom is 0.407 e. The number of alkyl carbamates (subject to hydrolysis) is 1. The Morgan fingerprint density at radius 3 is 2.09 bits per heavy atom. The molecule has 3 amide bonds. The van der Waals surface area contributed by atoms with E-state index in [1.807, 2.05) is 0 Å². The van der Waals surface area contributed by atoms with Gasteiger partial charge in [0.25, 0.3) is 0 Å². The summed E-state index contributed by atoms with van der Waals surface area (Å²) in [6.07, 6.45) is 7.71. The van der Waals surface area contributed by atoms with Crippen molar-refractivity contribution >= 4 is 12.1 Å². The fourth-order valence-corrected chi connectivity index (χ4v) is 5.36. The van der Waals surface area contributed by atoms with Crippen molar-refractivity contribution < 1.29 is 14.3 Å². The van der Waals surface area contributed by atoms with E-state index < -0.39 is 6.09 Å². The lowest BCUT2D eigenvalue weighted by Crippen LogP contribution is -2.52. The van der Waals surface area contributed by atoms with E-state index in [2.05, 4.69) is 16.0 Å². The molecule has 4 aliphatic rings. The number of rotatable bonds is 6. The summed E-state index contributed by atoms with van der Waals surface area (Å²) in [5, 5.41) is 8.44. The van der Waals surface area contributed by atoms with Crippen molar-refractivity contribution in [3.05, 3.63) is 0 Å². The Labute approximate surface area is 138 Å². The zero-order valence-electron chi connectivity index (χ0n) is 14.0. The van der Waals surface area contributed by atoms with Crippen LogP contribution in [0.4, 0.5) is 9.59 Å². The molecule has 0 aromatic heterocycles. The average molecular weight is 323 g/mol. The monoisotopic (exact) mass is 323 g/mol. The molecule has 0 aliphatic heterocycles. The molecular formula is C17H29N3O3. The second-order valence-electron chi connectivity index (χ2n) is 7.67. The predicted molar refractivity (Wildman–Crippen MR) is 87.0 cm³/mol. The lowest BCUT2D eigenvalue weighted by molar-refractivity contribution is -0.0498. The lowest BCUT2D eigenvalue weighted by Gasteiger charge is -2.56. The number of hydrogen-bond donors (Lipinski definition) is 3. The first-order valence-corrected chi connectivity index (χ1v) is 9.01. The number of nitrogens with one attached hydrogen (secondary N) is 3. The number of urea groups is 1. The van der Waals surface area contributed by atoms with Gasteiger partial charge in [-0.2, -0.15) is 0 Å². The first-order valence-electron chi connectivity index (χ1n) is 9.01. The molecule has 0 heterocycles. The minimum Gasteiger partial charge on any atom is -0.450 e. The molecule has 0 saturated heterocycles. The minimum absolute atomic E-state index is 0.133. The molecule has 3 N–H and O–H groups in total. The van der Waals surface area contributed by atoms with Crippen LogP contribution >= 0.6 is 0 Å². The Hall–Kier alpha value is -1.46. The highest BCUT2D eigenvalue weighted by Gasteiger charge is 2.50. The van der Waals surface area contributed by atoms with Crippen molar-refractivity contribution in [1.82, 2.24) is 16.0 Å². The third kappa shape index (κ3) is 4.09. The summed E-state index contributed by atoms with van der Waals surface area (Å²) in [5.41, 5.74) is 0.356. The Kier molecular flexibility index (Phi) is 4.97. The van der Waals surface area contributed by atoms with Crippen molar-refractivity contribution in [1.29, 1.82) is 0 Å². The van der Waals surface area contributed by atoms with Crippen LogP contribution in [-0.2, 0) is 4.74 Å². The van der Waals surface area contributed by atoms with Crippen molar-refractivity contribution in [3.63, 3.8) is 0 Å². The van der Waals surface area contributed by atoms with Gasteiger partial charge in [-0.1, -0.05) is 0 Å². The molecule has 4 fully saturated rings. The molecule has 4 rings (SSSR count). The fraction of sp³-hybridized carbons (Fsp3) is 0.882. The summed E-state index contributed by atoms with van der Waals surface area (Å²) in [4.78, 5) is 23.1. The van der Waals surface area contributed by atoms with E-state index in [4.69, 9.17) is 4.74 Å². The van der Waals surface area contributed by atoms with Gasteiger partial charge in [0.1, 0.15) is 0 Å². The Bertz CT molecular complexity index is 417. The van der Waals surface area contributed by atoms with Gasteiger partial charge < -0.3 is 20.7 Å². The summed E-state index contributed by atoms with van der Waals surface area (Å²) in [6, 6.07) is -0.133. The van der Waals surface area contributed by atoms with Crippen molar-refractivity contribution in [2.24, 2.45) is 23.2 Å². The number of ether oxygens (including phenoxy) is 1. The molecule has 4 saturated carbocycles. The number of carbonyl (C=O) groups excluding carboxylic acids is 2. The Morgan fingerprint density at radius 1 is 0.957 bits per heavy atom. The van der Waals surface area contributed by atoms with Gasteiger partial charge in [0.2, 0.25) is 0 Å². The van der Waals surface area contributed by atoms with Crippen LogP contribution in [0, 0.1) is 23.2 Å². The molecule has 130 valence electrons. The van der Waals surface area contributed by atoms with Crippen LogP contribution in [0.1, 0.15) is 45.4 Å². The van der Waals surface area contributed by atoms with E-state index in [1.54, 1.807) is 6.92 Å². The fourth-order valence-electron chi connectivity index (χ4n) is 5.36. The normalized spacial score (nSPS) is 34.0. The third-order valence-corrected chi connectivity index (χ3v) is 5.74. The molecule has 0 spiro atoms. The zero-order chi connectivity index (χ0) is 16.3. The van der Waals surface area contributed by atoms with Gasteiger partial charge >= 0.3 is 12.1 Å². The van der Waals surface area contributed by atoms with Gasteiger partial charge in [0.05, 0.1) is 6.61 Å². The lowest BCUT2D eigenvalue weighted by atomic mass is 9.49. The van der Waals surface area contributed by atoms with Gasteiger partial charge in [-0.25, -0.2) is 9.59 Å². The maximum absolute atomic E-state index is 11.9. The first-order chi connectivity index (χ1) is 11.1. The van der Waals surface area contributed by atoms with Crippen LogP contribution in [0.25, 0.3) is 0 Å². The van der Waals surface area contributed by atoms with E-state index in [0.29, 0.717) is 25.1 Å². The Balaban J connectivity index is 1.34. The van der Waals surface area contributed by atoms with Gasteiger partial charge in [-0.3, -0.25) is 0 Å². The molecular weight excluding hydrogens is 294 g/mol. The third-order valence-electron chi connectivity index (χ3n) is 5.74. The molecule has 6 nitrogen and oxygen atoms in total. The maximum atomic E-state index is 11.9. The van der Waals surface area contributed by atoms with Crippen LogP contribution in [0.3, 0.4) is 0 Å². The quantitative estimate of drug-likeness (QED) is 0.656. The van der Waals surface area contributed by atoms with Crippen molar-refractivity contribution in [2.75, 3.05) is 26.2 Å². The van der Waals surface area contributed by atoms with Gasteiger partial charge in [-0.15, -0.1) is 0 Å². The molecule has 23 heavy (non-hydrogen) atoms. The van der Waals surface area contributed by atoms with Crippen LogP contribution in [-0.4, -0.2) is 38.4 Å². The summed E-state index contributed by atoms with van der Waals surface area (Å²) in [7, 11) is 0. The molecule has 4 aliphatic carbocycles. The van der Waals surface area contributed by atoms with Crippen LogP contribution in [0.5, 0.6) is 0 Å². The summed E-state index contributed by atoms with van der Waals surface area (Å²) < 4.78 is 4.76. The largest absolute Gasteiger partial charge is 0.450 e. The van der Waals surface area contributed by atoms with E-state index in [0.717, 1.165) is 24.3 Å². The van der Waals surface area contributed by atoms with E-state index in [-0.39, 0.29) is 6.03 Å². The Morgan fingerprint density at radius 2 is 1.52 bits per heavy atom. The average Bonchev–Trinajstić information content (AvgIpc) is 2.49. The molecule has 0 aromatic rings. The molecule has 6 heteroatoms. The topological polar surface area (TPSA) is 79.5 Å². The number of amides is 3. The first kappa shape index (κ1) is 16.4. The number of hydrogen-bond acceptors (Lipinski definition) is 3. The highest BCUT2D eigenvalue weighted by atomic mass is 16.5. The van der Waals surface area contributed by atoms with Crippen molar-refractivity contribution in [2.45, 2.75) is 45.4 Å². The molecule has 4 bridgehead atoms. The number of carbonyl (C=O) groups is 2. The molecule has 0 unspecified atom stereocenters. The second-order valence-corrected chi connectivity index (χ2v) is 7.67. The van der Waals surface area contributed by atoms with Crippen LogP contribution in [0.2, 0.25) is 0 Å². The predicted octanol–water partition coefficient (Wildman–Crippen LogP) is 2.25.